The Bertz CT molecular complexity index is 583. The van der Waals surface area contributed by atoms with E-state index in [2.05, 4.69) is 25.2 Å². The Morgan fingerprint density at radius 2 is 1.90 bits per heavy atom. The van der Waals surface area contributed by atoms with Crippen LogP contribution in [0.3, 0.4) is 0 Å². The van der Waals surface area contributed by atoms with Crippen LogP contribution >= 0.6 is 11.6 Å². The highest BCUT2D eigenvalue weighted by molar-refractivity contribution is 6.33. The van der Waals surface area contributed by atoms with Gasteiger partial charge in [0, 0.05) is 11.6 Å². The lowest BCUT2D eigenvalue weighted by molar-refractivity contribution is 0.571. The molecule has 0 fully saturated rings. The largest absolute Gasteiger partial charge is 0.310 e. The number of nitrogens with one attached hydrogen (secondary N) is 1. The van der Waals surface area contributed by atoms with E-state index in [1.54, 1.807) is 6.07 Å². The van der Waals surface area contributed by atoms with Crippen LogP contribution in [0.1, 0.15) is 31.9 Å². The number of hydrogen-bond donors (Lipinski definition) is 1. The summed E-state index contributed by atoms with van der Waals surface area (Å²) >= 11 is 6.18. The van der Waals surface area contributed by atoms with E-state index in [4.69, 9.17) is 11.6 Å². The van der Waals surface area contributed by atoms with E-state index >= 15 is 0 Å². The Morgan fingerprint density at radius 3 is 2.60 bits per heavy atom. The third-order valence-corrected chi connectivity index (χ3v) is 3.66. The SMILES string of the molecule is CCCNC(C)c1ccccc1-c1ccc(F)cc1Cl. The van der Waals surface area contributed by atoms with Gasteiger partial charge in [0.25, 0.3) is 0 Å². The van der Waals surface area contributed by atoms with Crippen LogP contribution in [0.2, 0.25) is 5.02 Å². The Labute approximate surface area is 124 Å². The average Bonchev–Trinajstić information content (AvgIpc) is 2.45. The van der Waals surface area contributed by atoms with Gasteiger partial charge in [-0.25, -0.2) is 4.39 Å². The number of hydrogen-bond acceptors (Lipinski definition) is 1. The molecule has 106 valence electrons. The zero-order chi connectivity index (χ0) is 14.5. The van der Waals surface area contributed by atoms with Gasteiger partial charge in [-0.15, -0.1) is 0 Å². The van der Waals surface area contributed by atoms with E-state index < -0.39 is 0 Å². The summed E-state index contributed by atoms with van der Waals surface area (Å²) in [6.07, 6.45) is 1.09. The summed E-state index contributed by atoms with van der Waals surface area (Å²) in [6, 6.07) is 12.9. The molecule has 1 unspecified atom stereocenters. The summed E-state index contributed by atoms with van der Waals surface area (Å²) in [6.45, 7) is 5.24. The molecule has 0 saturated heterocycles. The van der Waals surface area contributed by atoms with Crippen molar-refractivity contribution >= 4 is 11.6 Å². The van der Waals surface area contributed by atoms with E-state index in [0.717, 1.165) is 24.1 Å². The minimum atomic E-state index is -0.312. The second kappa shape index (κ2) is 6.87. The standard InChI is InChI=1S/C17H19ClFN/c1-3-10-20-12(2)14-6-4-5-7-15(14)16-9-8-13(19)11-17(16)18/h4-9,11-12,20H,3,10H2,1-2H3. The molecule has 1 atom stereocenters. The van der Waals surface area contributed by atoms with Gasteiger partial charge in [-0.05, 0) is 49.2 Å². The Balaban J connectivity index is 2.41. The van der Waals surface area contributed by atoms with Gasteiger partial charge in [-0.2, -0.15) is 0 Å². The second-order valence-electron chi connectivity index (χ2n) is 4.89. The van der Waals surface area contributed by atoms with Gasteiger partial charge in [-0.3, -0.25) is 0 Å². The quantitative estimate of drug-likeness (QED) is 0.797. The Morgan fingerprint density at radius 1 is 1.15 bits per heavy atom. The molecule has 0 heterocycles. The Kier molecular flexibility index (Phi) is 5.16. The third-order valence-electron chi connectivity index (χ3n) is 3.35. The monoisotopic (exact) mass is 291 g/mol. The first-order valence-corrected chi connectivity index (χ1v) is 7.29. The first kappa shape index (κ1) is 15.0. The number of halogens is 2. The first-order chi connectivity index (χ1) is 9.63. The van der Waals surface area contributed by atoms with Crippen molar-refractivity contribution in [2.45, 2.75) is 26.3 Å². The molecule has 0 saturated carbocycles. The van der Waals surface area contributed by atoms with Crippen LogP contribution in [-0.2, 0) is 0 Å². The molecular weight excluding hydrogens is 273 g/mol. The van der Waals surface area contributed by atoms with E-state index in [1.807, 2.05) is 18.2 Å². The first-order valence-electron chi connectivity index (χ1n) is 6.91. The van der Waals surface area contributed by atoms with Crippen molar-refractivity contribution in [1.29, 1.82) is 0 Å². The maximum atomic E-state index is 13.2. The summed E-state index contributed by atoms with van der Waals surface area (Å²) in [5.41, 5.74) is 3.09. The molecule has 0 radical (unpaired) electrons. The van der Waals surface area contributed by atoms with Crippen molar-refractivity contribution < 1.29 is 4.39 Å². The van der Waals surface area contributed by atoms with E-state index in [-0.39, 0.29) is 11.9 Å². The van der Waals surface area contributed by atoms with Crippen molar-refractivity contribution in [1.82, 2.24) is 5.32 Å². The second-order valence-corrected chi connectivity index (χ2v) is 5.29. The van der Waals surface area contributed by atoms with E-state index in [9.17, 15) is 4.39 Å². The number of rotatable bonds is 5. The summed E-state index contributed by atoms with van der Waals surface area (Å²) in [4.78, 5) is 0. The summed E-state index contributed by atoms with van der Waals surface area (Å²) in [5, 5.41) is 3.92. The molecule has 0 bridgehead atoms. The van der Waals surface area contributed by atoms with Gasteiger partial charge in [0.15, 0.2) is 0 Å². The fraction of sp³-hybridized carbons (Fsp3) is 0.294. The molecule has 0 aliphatic heterocycles. The minimum Gasteiger partial charge on any atom is -0.310 e. The zero-order valence-electron chi connectivity index (χ0n) is 11.8. The molecule has 2 aromatic carbocycles. The van der Waals surface area contributed by atoms with Crippen LogP contribution in [0, 0.1) is 5.82 Å². The van der Waals surface area contributed by atoms with Gasteiger partial charge < -0.3 is 5.32 Å². The molecule has 0 aliphatic carbocycles. The lowest BCUT2D eigenvalue weighted by Crippen LogP contribution is -2.19. The predicted molar refractivity (Wildman–Crippen MR) is 83.6 cm³/mol. The van der Waals surface area contributed by atoms with Crippen molar-refractivity contribution in [3.05, 3.63) is 58.9 Å². The Hall–Kier alpha value is -1.38. The summed E-state index contributed by atoms with van der Waals surface area (Å²) in [5.74, 6) is -0.312. The van der Waals surface area contributed by atoms with Crippen LogP contribution in [0.4, 0.5) is 4.39 Å². The lowest BCUT2D eigenvalue weighted by atomic mass is 9.95. The highest BCUT2D eigenvalue weighted by atomic mass is 35.5. The van der Waals surface area contributed by atoms with Crippen molar-refractivity contribution in [3.63, 3.8) is 0 Å². The maximum Gasteiger partial charge on any atom is 0.124 e. The van der Waals surface area contributed by atoms with Crippen LogP contribution in [0.15, 0.2) is 42.5 Å². The van der Waals surface area contributed by atoms with E-state index in [0.29, 0.717) is 5.02 Å². The van der Waals surface area contributed by atoms with Crippen LogP contribution < -0.4 is 5.32 Å². The number of benzene rings is 2. The fourth-order valence-electron chi connectivity index (χ4n) is 2.30. The molecule has 2 aromatic rings. The molecule has 2 rings (SSSR count). The van der Waals surface area contributed by atoms with Gasteiger partial charge in [0.1, 0.15) is 5.82 Å². The lowest BCUT2D eigenvalue weighted by Gasteiger charge is -2.18. The van der Waals surface area contributed by atoms with Crippen molar-refractivity contribution in [3.8, 4) is 11.1 Å². The average molecular weight is 292 g/mol. The zero-order valence-corrected chi connectivity index (χ0v) is 12.5. The fourth-order valence-corrected chi connectivity index (χ4v) is 2.57. The molecule has 0 amide bonds. The maximum absolute atomic E-state index is 13.2. The molecule has 0 spiro atoms. The predicted octanol–water partition coefficient (Wildman–Crippen LogP) is 5.21. The summed E-state index contributed by atoms with van der Waals surface area (Å²) < 4.78 is 13.2. The van der Waals surface area contributed by atoms with E-state index in [1.165, 1.54) is 17.7 Å². The molecule has 3 heteroatoms. The normalized spacial score (nSPS) is 12.4. The van der Waals surface area contributed by atoms with Gasteiger partial charge in [-0.1, -0.05) is 42.8 Å². The van der Waals surface area contributed by atoms with Gasteiger partial charge >= 0.3 is 0 Å². The molecule has 1 N–H and O–H groups in total. The minimum absolute atomic E-state index is 0.229. The highest BCUT2D eigenvalue weighted by Crippen LogP contribution is 2.33. The highest BCUT2D eigenvalue weighted by Gasteiger charge is 2.13. The molecule has 1 nitrogen and oxygen atoms in total. The van der Waals surface area contributed by atoms with Crippen LogP contribution in [0.25, 0.3) is 11.1 Å². The smallest absolute Gasteiger partial charge is 0.124 e. The third kappa shape index (κ3) is 3.38. The topological polar surface area (TPSA) is 12.0 Å². The van der Waals surface area contributed by atoms with Gasteiger partial charge in [0.05, 0.1) is 5.02 Å². The molecule has 0 aromatic heterocycles. The van der Waals surface area contributed by atoms with Crippen molar-refractivity contribution in [2.24, 2.45) is 0 Å². The molecule has 0 aliphatic rings. The molecular formula is C17H19ClFN. The van der Waals surface area contributed by atoms with Crippen LogP contribution in [-0.4, -0.2) is 6.54 Å². The van der Waals surface area contributed by atoms with Gasteiger partial charge in [0.2, 0.25) is 0 Å². The summed E-state index contributed by atoms with van der Waals surface area (Å²) in [7, 11) is 0. The molecule has 20 heavy (non-hydrogen) atoms. The van der Waals surface area contributed by atoms with Crippen molar-refractivity contribution in [2.75, 3.05) is 6.54 Å². The van der Waals surface area contributed by atoms with Crippen LogP contribution in [0.5, 0.6) is 0 Å².